The lowest BCUT2D eigenvalue weighted by molar-refractivity contribution is -0.120. The summed E-state index contributed by atoms with van der Waals surface area (Å²) in [7, 11) is 0. The van der Waals surface area contributed by atoms with Crippen molar-refractivity contribution in [3.63, 3.8) is 0 Å². The van der Waals surface area contributed by atoms with Crippen LogP contribution in [0.3, 0.4) is 0 Å². The highest BCUT2D eigenvalue weighted by Crippen LogP contribution is 2.23. The smallest absolute Gasteiger partial charge is 0.343 e. The number of hydrogen-bond donors (Lipinski definition) is 2. The number of halogens is 1. The molecule has 8 nitrogen and oxygen atoms in total. The van der Waals surface area contributed by atoms with E-state index in [1.807, 2.05) is 6.92 Å². The van der Waals surface area contributed by atoms with E-state index in [0.717, 1.165) is 10.9 Å². The summed E-state index contributed by atoms with van der Waals surface area (Å²) in [4.78, 5) is 36.7. The fourth-order valence-corrected chi connectivity index (χ4v) is 3.22. The first-order valence-electron chi connectivity index (χ1n) is 10.9. The number of carbonyl (C=O) groups excluding carboxylic acids is 3. The first-order valence-corrected chi connectivity index (χ1v) is 11.7. The Morgan fingerprint density at radius 2 is 1.71 bits per heavy atom. The lowest BCUT2D eigenvalue weighted by Crippen LogP contribution is -2.34. The highest BCUT2D eigenvalue weighted by atomic mass is 79.9. The van der Waals surface area contributed by atoms with Crippen molar-refractivity contribution in [1.82, 2.24) is 10.7 Å². The summed E-state index contributed by atoms with van der Waals surface area (Å²) in [6.45, 7) is 2.34. The zero-order chi connectivity index (χ0) is 25.0. The van der Waals surface area contributed by atoms with Crippen LogP contribution in [-0.4, -0.2) is 37.1 Å². The van der Waals surface area contributed by atoms with Crippen molar-refractivity contribution in [2.24, 2.45) is 5.10 Å². The Labute approximate surface area is 211 Å². The van der Waals surface area contributed by atoms with E-state index in [1.165, 1.54) is 6.21 Å². The second-order valence-electron chi connectivity index (χ2n) is 7.29. The minimum absolute atomic E-state index is 0.265. The third-order valence-electron chi connectivity index (χ3n) is 4.58. The van der Waals surface area contributed by atoms with E-state index in [1.54, 1.807) is 72.8 Å². The average molecular weight is 538 g/mol. The number of carbonyl (C=O) groups is 3. The van der Waals surface area contributed by atoms with Gasteiger partial charge in [0.25, 0.3) is 11.8 Å². The van der Waals surface area contributed by atoms with E-state index < -0.39 is 17.8 Å². The quantitative estimate of drug-likeness (QED) is 0.173. The van der Waals surface area contributed by atoms with Crippen molar-refractivity contribution in [2.75, 3.05) is 13.2 Å². The molecule has 0 aliphatic heterocycles. The molecule has 2 amide bonds. The molecule has 180 valence electrons. The number of benzene rings is 3. The Hall–Kier alpha value is -3.98. The van der Waals surface area contributed by atoms with Crippen LogP contribution in [0.1, 0.15) is 39.6 Å². The summed E-state index contributed by atoms with van der Waals surface area (Å²) in [6, 6.07) is 20.3. The molecular formula is C26H24BrN3O5. The fourth-order valence-electron chi connectivity index (χ4n) is 2.84. The van der Waals surface area contributed by atoms with Gasteiger partial charge < -0.3 is 14.8 Å². The molecule has 0 spiro atoms. The minimum Gasteiger partial charge on any atom is -0.494 e. The molecule has 0 radical (unpaired) electrons. The maximum absolute atomic E-state index is 12.4. The summed E-state index contributed by atoms with van der Waals surface area (Å²) in [5.41, 5.74) is 3.63. The number of hydrogen-bond acceptors (Lipinski definition) is 6. The van der Waals surface area contributed by atoms with Gasteiger partial charge in [0.2, 0.25) is 0 Å². The molecule has 0 unspecified atom stereocenters. The number of esters is 1. The number of rotatable bonds is 10. The van der Waals surface area contributed by atoms with Gasteiger partial charge in [-0.05, 0) is 61.0 Å². The van der Waals surface area contributed by atoms with Gasteiger partial charge in [0, 0.05) is 15.6 Å². The molecule has 35 heavy (non-hydrogen) atoms. The molecule has 0 saturated heterocycles. The molecule has 2 N–H and O–H groups in total. The average Bonchev–Trinajstić information content (AvgIpc) is 2.88. The van der Waals surface area contributed by atoms with Gasteiger partial charge in [0.15, 0.2) is 0 Å². The Bertz CT molecular complexity index is 1200. The van der Waals surface area contributed by atoms with E-state index in [0.29, 0.717) is 29.0 Å². The molecule has 0 bridgehead atoms. The van der Waals surface area contributed by atoms with Crippen molar-refractivity contribution >= 4 is 39.9 Å². The lowest BCUT2D eigenvalue weighted by atomic mass is 10.2. The van der Waals surface area contributed by atoms with Crippen molar-refractivity contribution in [3.8, 4) is 11.5 Å². The van der Waals surface area contributed by atoms with Crippen molar-refractivity contribution < 1.29 is 23.9 Å². The molecule has 0 aromatic heterocycles. The molecule has 0 aliphatic carbocycles. The van der Waals surface area contributed by atoms with Crippen molar-refractivity contribution in [1.29, 1.82) is 0 Å². The zero-order valence-corrected chi connectivity index (χ0v) is 20.6. The van der Waals surface area contributed by atoms with Gasteiger partial charge in [-0.1, -0.05) is 41.1 Å². The standard InChI is InChI=1S/C26H24BrN3O5/c1-2-14-34-22-11-8-18(9-12-22)25(32)28-17-24(31)30-29-16-20-15-21(27)10-13-23(20)35-26(33)19-6-4-3-5-7-19/h3-13,15-16H,2,14,17H2,1H3,(H,28,32)(H,30,31)/b29-16+. The van der Waals surface area contributed by atoms with Crippen LogP contribution in [-0.2, 0) is 4.79 Å². The fraction of sp³-hybridized carbons (Fsp3) is 0.154. The van der Waals surface area contributed by atoms with E-state index in [-0.39, 0.29) is 12.3 Å². The van der Waals surface area contributed by atoms with Crippen LogP contribution in [0.5, 0.6) is 11.5 Å². The molecule has 9 heteroatoms. The van der Waals surface area contributed by atoms with E-state index in [4.69, 9.17) is 9.47 Å². The Kier molecular flexibility index (Phi) is 9.56. The van der Waals surface area contributed by atoms with Gasteiger partial charge in [-0.2, -0.15) is 5.10 Å². The van der Waals surface area contributed by atoms with Gasteiger partial charge in [-0.15, -0.1) is 0 Å². The van der Waals surface area contributed by atoms with Gasteiger partial charge in [-0.3, -0.25) is 9.59 Å². The van der Waals surface area contributed by atoms with Gasteiger partial charge in [0.05, 0.1) is 24.9 Å². The highest BCUT2D eigenvalue weighted by Gasteiger charge is 2.12. The van der Waals surface area contributed by atoms with Gasteiger partial charge in [-0.25, -0.2) is 10.2 Å². The molecule has 0 heterocycles. The Balaban J connectivity index is 1.53. The highest BCUT2D eigenvalue weighted by molar-refractivity contribution is 9.10. The number of nitrogens with one attached hydrogen (secondary N) is 2. The maximum atomic E-state index is 12.4. The molecule has 3 aromatic carbocycles. The molecule has 0 aliphatic rings. The van der Waals surface area contributed by atoms with Gasteiger partial charge in [0.1, 0.15) is 11.5 Å². The SMILES string of the molecule is CCCOc1ccc(C(=O)NCC(=O)N/N=C/c2cc(Br)ccc2OC(=O)c2ccccc2)cc1. The molecular weight excluding hydrogens is 514 g/mol. The van der Waals surface area contributed by atoms with Crippen LogP contribution in [0.4, 0.5) is 0 Å². The monoisotopic (exact) mass is 537 g/mol. The molecule has 0 fully saturated rings. The van der Waals surface area contributed by atoms with Crippen LogP contribution in [0.15, 0.2) is 82.4 Å². The summed E-state index contributed by atoms with van der Waals surface area (Å²) < 4.78 is 11.7. The summed E-state index contributed by atoms with van der Waals surface area (Å²) >= 11 is 3.36. The zero-order valence-electron chi connectivity index (χ0n) is 19.0. The number of hydrazone groups is 1. The third-order valence-corrected chi connectivity index (χ3v) is 5.07. The maximum Gasteiger partial charge on any atom is 0.343 e. The molecule has 3 aromatic rings. The Morgan fingerprint density at radius 1 is 0.971 bits per heavy atom. The van der Waals surface area contributed by atoms with Crippen LogP contribution in [0.25, 0.3) is 0 Å². The topological polar surface area (TPSA) is 106 Å². The molecule has 0 saturated carbocycles. The molecule has 0 atom stereocenters. The molecule has 3 rings (SSSR count). The third kappa shape index (κ3) is 8.08. The Morgan fingerprint density at radius 3 is 2.43 bits per heavy atom. The summed E-state index contributed by atoms with van der Waals surface area (Å²) in [5, 5.41) is 6.44. The summed E-state index contributed by atoms with van der Waals surface area (Å²) in [5.74, 6) is -0.473. The first kappa shape index (κ1) is 25.6. The van der Waals surface area contributed by atoms with Crippen molar-refractivity contribution in [3.05, 3.63) is 94.0 Å². The minimum atomic E-state index is -0.518. The van der Waals surface area contributed by atoms with E-state index in [2.05, 4.69) is 31.8 Å². The van der Waals surface area contributed by atoms with Crippen LogP contribution < -0.4 is 20.2 Å². The van der Waals surface area contributed by atoms with Crippen LogP contribution in [0.2, 0.25) is 0 Å². The van der Waals surface area contributed by atoms with Gasteiger partial charge >= 0.3 is 5.97 Å². The second kappa shape index (κ2) is 13.0. The second-order valence-corrected chi connectivity index (χ2v) is 8.20. The van der Waals surface area contributed by atoms with E-state index in [9.17, 15) is 14.4 Å². The van der Waals surface area contributed by atoms with Crippen LogP contribution >= 0.6 is 15.9 Å². The summed E-state index contributed by atoms with van der Waals surface area (Å²) in [6.07, 6.45) is 2.24. The van der Waals surface area contributed by atoms with Crippen LogP contribution in [0, 0.1) is 0 Å². The normalized spacial score (nSPS) is 10.6. The first-order chi connectivity index (χ1) is 17.0. The largest absolute Gasteiger partial charge is 0.494 e. The number of ether oxygens (including phenoxy) is 2. The number of amides is 2. The van der Waals surface area contributed by atoms with E-state index >= 15 is 0 Å². The lowest BCUT2D eigenvalue weighted by Gasteiger charge is -2.08. The van der Waals surface area contributed by atoms with Crippen molar-refractivity contribution in [2.45, 2.75) is 13.3 Å². The predicted molar refractivity (Wildman–Crippen MR) is 136 cm³/mol. The number of nitrogens with zero attached hydrogens (tertiary/aromatic N) is 1. The predicted octanol–water partition coefficient (Wildman–Crippen LogP) is 4.34.